The van der Waals surface area contributed by atoms with Crippen molar-refractivity contribution in [2.24, 2.45) is 5.92 Å². The Bertz CT molecular complexity index is 349. The summed E-state index contributed by atoms with van der Waals surface area (Å²) in [5, 5.41) is 7.08. The Labute approximate surface area is 102 Å². The minimum absolute atomic E-state index is 0.125. The molecule has 1 aliphatic rings. The van der Waals surface area contributed by atoms with Gasteiger partial charge >= 0.3 is 0 Å². The Morgan fingerprint density at radius 3 is 3.12 bits per heavy atom. The topological polar surface area (TPSA) is 59.8 Å². The van der Waals surface area contributed by atoms with Crippen LogP contribution in [0.4, 0.5) is 0 Å². The minimum atomic E-state index is 0.125. The van der Waals surface area contributed by atoms with Gasteiger partial charge in [-0.15, -0.1) is 0 Å². The standard InChI is InChI=1S/C12H20N4O/c1-10-3-2-4-11(7-10)15-12(17)5-6-16-9-13-8-14-16/h8-11H,2-7H2,1H3,(H,15,17). The Balaban J connectivity index is 1.70. The first kappa shape index (κ1) is 12.1. The van der Waals surface area contributed by atoms with Gasteiger partial charge in [0.05, 0.1) is 6.54 Å². The normalized spacial score (nSPS) is 24.5. The van der Waals surface area contributed by atoms with Crippen molar-refractivity contribution < 1.29 is 4.79 Å². The molecule has 5 heteroatoms. The molecule has 2 atom stereocenters. The van der Waals surface area contributed by atoms with Crippen molar-refractivity contribution in [3.05, 3.63) is 12.7 Å². The van der Waals surface area contributed by atoms with E-state index < -0.39 is 0 Å². The number of carbonyl (C=O) groups is 1. The third kappa shape index (κ3) is 3.84. The van der Waals surface area contributed by atoms with Gasteiger partial charge in [0.25, 0.3) is 0 Å². The summed E-state index contributed by atoms with van der Waals surface area (Å²) in [5.41, 5.74) is 0. The molecule has 0 saturated heterocycles. The van der Waals surface area contributed by atoms with Crippen LogP contribution >= 0.6 is 0 Å². The average Bonchev–Trinajstić information content (AvgIpc) is 2.79. The van der Waals surface area contributed by atoms with E-state index in [0.29, 0.717) is 19.0 Å². The second-order valence-electron chi connectivity index (χ2n) is 4.94. The Kier molecular flexibility index (Phi) is 4.12. The van der Waals surface area contributed by atoms with E-state index in [9.17, 15) is 4.79 Å². The summed E-state index contributed by atoms with van der Waals surface area (Å²) in [6, 6.07) is 0.377. The summed E-state index contributed by atoms with van der Waals surface area (Å²) < 4.78 is 1.68. The summed E-state index contributed by atoms with van der Waals surface area (Å²) in [5.74, 6) is 0.865. The first-order chi connectivity index (χ1) is 8.24. The van der Waals surface area contributed by atoms with E-state index in [4.69, 9.17) is 0 Å². The lowest BCUT2D eigenvalue weighted by molar-refractivity contribution is -0.122. The van der Waals surface area contributed by atoms with Crippen molar-refractivity contribution in [3.8, 4) is 0 Å². The van der Waals surface area contributed by atoms with Gasteiger partial charge in [0.2, 0.25) is 5.91 Å². The van der Waals surface area contributed by atoms with Crippen LogP contribution in [0, 0.1) is 5.92 Å². The summed E-state index contributed by atoms with van der Waals surface area (Å²) in [4.78, 5) is 15.6. The Morgan fingerprint density at radius 2 is 2.41 bits per heavy atom. The van der Waals surface area contributed by atoms with Crippen molar-refractivity contribution in [2.75, 3.05) is 0 Å². The maximum atomic E-state index is 11.7. The number of nitrogens with one attached hydrogen (secondary N) is 1. The Morgan fingerprint density at radius 1 is 1.53 bits per heavy atom. The highest BCUT2D eigenvalue weighted by Gasteiger charge is 2.20. The molecule has 1 aromatic heterocycles. The summed E-state index contributed by atoms with van der Waals surface area (Å²) in [6.07, 6.45) is 8.37. The minimum Gasteiger partial charge on any atom is -0.353 e. The quantitative estimate of drug-likeness (QED) is 0.858. The van der Waals surface area contributed by atoms with Crippen molar-refractivity contribution in [3.63, 3.8) is 0 Å². The number of amides is 1. The van der Waals surface area contributed by atoms with Crippen LogP contribution in [0.1, 0.15) is 39.0 Å². The first-order valence-electron chi connectivity index (χ1n) is 6.36. The second kappa shape index (κ2) is 5.80. The average molecular weight is 236 g/mol. The maximum Gasteiger partial charge on any atom is 0.222 e. The van der Waals surface area contributed by atoms with E-state index in [-0.39, 0.29) is 5.91 Å². The molecule has 1 saturated carbocycles. The predicted octanol–water partition coefficient (Wildman–Crippen LogP) is 1.36. The van der Waals surface area contributed by atoms with Crippen molar-refractivity contribution in [1.82, 2.24) is 20.1 Å². The zero-order valence-electron chi connectivity index (χ0n) is 10.3. The van der Waals surface area contributed by atoms with Crippen LogP contribution in [-0.4, -0.2) is 26.7 Å². The molecule has 2 unspecified atom stereocenters. The first-order valence-corrected chi connectivity index (χ1v) is 6.36. The molecule has 17 heavy (non-hydrogen) atoms. The lowest BCUT2D eigenvalue weighted by Gasteiger charge is -2.27. The van der Waals surface area contributed by atoms with Gasteiger partial charge in [0.15, 0.2) is 0 Å². The second-order valence-corrected chi connectivity index (χ2v) is 4.94. The molecular formula is C12H20N4O. The largest absolute Gasteiger partial charge is 0.353 e. The third-order valence-electron chi connectivity index (χ3n) is 3.34. The fourth-order valence-electron chi connectivity index (χ4n) is 2.43. The van der Waals surface area contributed by atoms with Crippen molar-refractivity contribution in [1.29, 1.82) is 0 Å². The number of aryl methyl sites for hydroxylation is 1. The summed E-state index contributed by atoms with van der Waals surface area (Å²) >= 11 is 0. The van der Waals surface area contributed by atoms with Crippen LogP contribution in [0.5, 0.6) is 0 Å². The predicted molar refractivity (Wildman–Crippen MR) is 64.2 cm³/mol. The van der Waals surface area contributed by atoms with Gasteiger partial charge in [-0.05, 0) is 18.8 Å². The SMILES string of the molecule is CC1CCCC(NC(=O)CCn2cncn2)C1. The molecule has 1 aromatic rings. The van der Waals surface area contributed by atoms with Crippen molar-refractivity contribution in [2.45, 2.75) is 51.6 Å². The maximum absolute atomic E-state index is 11.7. The summed E-state index contributed by atoms with van der Waals surface area (Å²) in [6.45, 7) is 2.86. The molecule has 5 nitrogen and oxygen atoms in total. The van der Waals surface area contributed by atoms with Gasteiger partial charge in [-0.1, -0.05) is 19.8 Å². The monoisotopic (exact) mass is 236 g/mol. The molecule has 1 fully saturated rings. The number of rotatable bonds is 4. The molecule has 2 rings (SSSR count). The molecule has 94 valence electrons. The molecule has 1 heterocycles. The molecule has 0 bridgehead atoms. The van der Waals surface area contributed by atoms with Gasteiger partial charge in [-0.3, -0.25) is 9.48 Å². The smallest absolute Gasteiger partial charge is 0.222 e. The molecule has 0 aromatic carbocycles. The number of hydrogen-bond donors (Lipinski definition) is 1. The number of nitrogens with zero attached hydrogens (tertiary/aromatic N) is 3. The third-order valence-corrected chi connectivity index (χ3v) is 3.34. The summed E-state index contributed by atoms with van der Waals surface area (Å²) in [7, 11) is 0. The molecule has 1 amide bonds. The van der Waals surface area contributed by atoms with Crippen LogP contribution in [0.25, 0.3) is 0 Å². The van der Waals surface area contributed by atoms with E-state index >= 15 is 0 Å². The Hall–Kier alpha value is -1.39. The van der Waals surface area contributed by atoms with E-state index in [2.05, 4.69) is 22.3 Å². The highest BCUT2D eigenvalue weighted by Crippen LogP contribution is 2.23. The van der Waals surface area contributed by atoms with Crippen LogP contribution < -0.4 is 5.32 Å². The lowest BCUT2D eigenvalue weighted by Crippen LogP contribution is -2.38. The van der Waals surface area contributed by atoms with Crippen LogP contribution in [0.2, 0.25) is 0 Å². The number of carbonyl (C=O) groups excluding carboxylic acids is 1. The zero-order valence-corrected chi connectivity index (χ0v) is 10.3. The molecule has 0 spiro atoms. The van der Waals surface area contributed by atoms with Gasteiger partial charge in [0, 0.05) is 12.5 Å². The van der Waals surface area contributed by atoms with Gasteiger partial charge in [-0.2, -0.15) is 5.10 Å². The van der Waals surface area contributed by atoms with E-state index in [1.165, 1.54) is 19.2 Å². The zero-order chi connectivity index (χ0) is 12.1. The molecule has 0 radical (unpaired) electrons. The highest BCUT2D eigenvalue weighted by atomic mass is 16.1. The molecule has 1 N–H and O–H groups in total. The van der Waals surface area contributed by atoms with Gasteiger partial charge < -0.3 is 5.32 Å². The number of hydrogen-bond acceptors (Lipinski definition) is 3. The van der Waals surface area contributed by atoms with Crippen LogP contribution in [0.15, 0.2) is 12.7 Å². The van der Waals surface area contributed by atoms with E-state index in [1.54, 1.807) is 11.0 Å². The molecule has 0 aliphatic heterocycles. The molecular weight excluding hydrogens is 216 g/mol. The van der Waals surface area contributed by atoms with Crippen LogP contribution in [0.3, 0.4) is 0 Å². The van der Waals surface area contributed by atoms with E-state index in [1.807, 2.05) is 0 Å². The number of aromatic nitrogens is 3. The van der Waals surface area contributed by atoms with Gasteiger partial charge in [0.1, 0.15) is 12.7 Å². The fourth-order valence-corrected chi connectivity index (χ4v) is 2.43. The lowest BCUT2D eigenvalue weighted by atomic mass is 9.87. The van der Waals surface area contributed by atoms with Crippen molar-refractivity contribution >= 4 is 5.91 Å². The molecule has 1 aliphatic carbocycles. The van der Waals surface area contributed by atoms with E-state index in [0.717, 1.165) is 18.8 Å². The fraction of sp³-hybridized carbons (Fsp3) is 0.750. The van der Waals surface area contributed by atoms with Crippen LogP contribution in [-0.2, 0) is 11.3 Å². The highest BCUT2D eigenvalue weighted by molar-refractivity contribution is 5.76. The van der Waals surface area contributed by atoms with Gasteiger partial charge in [-0.25, -0.2) is 4.98 Å².